The first kappa shape index (κ1) is 19.1. The lowest BCUT2D eigenvalue weighted by Crippen LogP contribution is -2.39. The molecule has 0 aliphatic rings. The van der Waals surface area contributed by atoms with Gasteiger partial charge >= 0.3 is 6.18 Å². The van der Waals surface area contributed by atoms with Crippen LogP contribution in [0.15, 0.2) is 29.3 Å². The number of hydrogen-bond acceptors (Lipinski definition) is 2. The van der Waals surface area contributed by atoms with E-state index >= 15 is 0 Å². The fourth-order valence-electron chi connectivity index (χ4n) is 1.71. The third-order valence-electron chi connectivity index (χ3n) is 2.74. The van der Waals surface area contributed by atoms with Crippen LogP contribution < -0.4 is 15.4 Å². The highest BCUT2D eigenvalue weighted by molar-refractivity contribution is 5.79. The van der Waals surface area contributed by atoms with Crippen molar-refractivity contribution in [2.75, 3.05) is 19.7 Å². The van der Waals surface area contributed by atoms with E-state index in [-0.39, 0.29) is 5.75 Å². The predicted molar refractivity (Wildman–Crippen MR) is 85.6 cm³/mol. The summed E-state index contributed by atoms with van der Waals surface area (Å²) in [5, 5.41) is 6.34. The number of nitrogens with zero attached hydrogens (tertiary/aromatic N) is 1. The minimum Gasteiger partial charge on any atom is -0.484 e. The molecule has 1 rings (SSSR count). The molecule has 0 radical (unpaired) electrons. The van der Waals surface area contributed by atoms with Gasteiger partial charge in [0.25, 0.3) is 0 Å². The van der Waals surface area contributed by atoms with E-state index in [1.165, 1.54) is 6.07 Å². The fourth-order valence-corrected chi connectivity index (χ4v) is 1.71. The second-order valence-electron chi connectivity index (χ2n) is 5.52. The Bertz CT molecular complexity index is 502. The van der Waals surface area contributed by atoms with Crippen molar-refractivity contribution in [2.24, 2.45) is 10.9 Å². The molecule has 0 aliphatic heterocycles. The van der Waals surface area contributed by atoms with Crippen LogP contribution in [0.4, 0.5) is 13.2 Å². The van der Waals surface area contributed by atoms with E-state index in [1.807, 2.05) is 6.92 Å². The van der Waals surface area contributed by atoms with Crippen molar-refractivity contribution in [2.45, 2.75) is 33.5 Å². The SMILES string of the molecule is CCNC(=NCc1cccc(OCC(F)(F)F)c1)NCC(C)C. The summed E-state index contributed by atoms with van der Waals surface area (Å²) < 4.78 is 41.2. The molecule has 0 fully saturated rings. The summed E-state index contributed by atoms with van der Waals surface area (Å²) in [6, 6.07) is 6.53. The van der Waals surface area contributed by atoms with E-state index in [1.54, 1.807) is 18.2 Å². The Balaban J connectivity index is 2.65. The molecule has 0 heterocycles. The number of benzene rings is 1. The van der Waals surface area contributed by atoms with E-state index in [9.17, 15) is 13.2 Å². The van der Waals surface area contributed by atoms with Crippen molar-refractivity contribution in [3.8, 4) is 5.75 Å². The molecule has 0 spiro atoms. The van der Waals surface area contributed by atoms with Crippen LogP contribution in [0.25, 0.3) is 0 Å². The lowest BCUT2D eigenvalue weighted by Gasteiger charge is -2.13. The molecule has 7 heteroatoms. The summed E-state index contributed by atoms with van der Waals surface area (Å²) >= 11 is 0. The molecule has 0 saturated carbocycles. The van der Waals surface area contributed by atoms with Crippen LogP contribution in [0.5, 0.6) is 5.75 Å². The van der Waals surface area contributed by atoms with Gasteiger partial charge in [0, 0.05) is 13.1 Å². The minimum atomic E-state index is -4.34. The average molecular weight is 331 g/mol. The normalized spacial score (nSPS) is 12.4. The number of guanidine groups is 1. The van der Waals surface area contributed by atoms with Gasteiger partial charge in [-0.15, -0.1) is 0 Å². The van der Waals surface area contributed by atoms with E-state index in [0.717, 1.165) is 18.7 Å². The topological polar surface area (TPSA) is 45.7 Å². The predicted octanol–water partition coefficient (Wildman–Crippen LogP) is 3.34. The number of aliphatic imine (C=N–C) groups is 1. The molecule has 0 aliphatic carbocycles. The highest BCUT2D eigenvalue weighted by Crippen LogP contribution is 2.19. The molecule has 4 nitrogen and oxygen atoms in total. The number of ether oxygens (including phenoxy) is 1. The molecule has 0 atom stereocenters. The zero-order valence-electron chi connectivity index (χ0n) is 13.7. The van der Waals surface area contributed by atoms with Crippen LogP contribution in [-0.4, -0.2) is 31.8 Å². The average Bonchev–Trinajstić information content (AvgIpc) is 2.47. The van der Waals surface area contributed by atoms with Gasteiger partial charge in [-0.3, -0.25) is 0 Å². The van der Waals surface area contributed by atoms with Gasteiger partial charge in [0.15, 0.2) is 12.6 Å². The van der Waals surface area contributed by atoms with Crippen molar-refractivity contribution >= 4 is 5.96 Å². The molecule has 0 aromatic heterocycles. The molecular weight excluding hydrogens is 307 g/mol. The Morgan fingerprint density at radius 3 is 2.61 bits per heavy atom. The van der Waals surface area contributed by atoms with E-state index in [2.05, 4.69) is 29.5 Å². The molecule has 0 saturated heterocycles. The molecular formula is C16H24F3N3O. The minimum absolute atomic E-state index is 0.190. The fraction of sp³-hybridized carbons (Fsp3) is 0.562. The van der Waals surface area contributed by atoms with Gasteiger partial charge in [0.1, 0.15) is 5.75 Å². The summed E-state index contributed by atoms with van der Waals surface area (Å²) in [6.07, 6.45) is -4.34. The summed E-state index contributed by atoms with van der Waals surface area (Å²) in [5.74, 6) is 1.36. The summed E-state index contributed by atoms with van der Waals surface area (Å²) in [7, 11) is 0. The first-order chi connectivity index (χ1) is 10.8. The number of rotatable bonds is 7. The highest BCUT2D eigenvalue weighted by Gasteiger charge is 2.28. The molecule has 0 amide bonds. The highest BCUT2D eigenvalue weighted by atomic mass is 19.4. The number of hydrogen-bond donors (Lipinski definition) is 2. The van der Waals surface area contributed by atoms with E-state index < -0.39 is 12.8 Å². The zero-order chi connectivity index (χ0) is 17.3. The van der Waals surface area contributed by atoms with Crippen molar-refractivity contribution in [3.63, 3.8) is 0 Å². The van der Waals surface area contributed by atoms with Gasteiger partial charge in [-0.2, -0.15) is 13.2 Å². The second-order valence-corrected chi connectivity index (χ2v) is 5.52. The third kappa shape index (κ3) is 8.95. The molecule has 0 bridgehead atoms. The van der Waals surface area contributed by atoms with Crippen molar-refractivity contribution < 1.29 is 17.9 Å². The molecule has 1 aromatic rings. The molecule has 1 aromatic carbocycles. The zero-order valence-corrected chi connectivity index (χ0v) is 13.7. The van der Waals surface area contributed by atoms with Crippen LogP contribution in [0.2, 0.25) is 0 Å². The van der Waals surface area contributed by atoms with Crippen LogP contribution in [0, 0.1) is 5.92 Å². The van der Waals surface area contributed by atoms with Crippen molar-refractivity contribution in [3.05, 3.63) is 29.8 Å². The summed E-state index contributed by atoms with van der Waals surface area (Å²) in [5.41, 5.74) is 0.784. The third-order valence-corrected chi connectivity index (χ3v) is 2.74. The molecule has 2 N–H and O–H groups in total. The number of alkyl halides is 3. The Labute approximate surface area is 135 Å². The Hall–Kier alpha value is -1.92. The van der Waals surface area contributed by atoms with Crippen LogP contribution >= 0.6 is 0 Å². The monoisotopic (exact) mass is 331 g/mol. The lowest BCUT2D eigenvalue weighted by atomic mass is 10.2. The van der Waals surface area contributed by atoms with Gasteiger partial charge in [-0.1, -0.05) is 26.0 Å². The van der Waals surface area contributed by atoms with Gasteiger partial charge in [0.2, 0.25) is 0 Å². The quantitative estimate of drug-likeness (QED) is 0.595. The van der Waals surface area contributed by atoms with Gasteiger partial charge in [-0.05, 0) is 30.5 Å². The molecule has 130 valence electrons. The van der Waals surface area contributed by atoms with Crippen LogP contribution in [0.1, 0.15) is 26.3 Å². The number of nitrogens with one attached hydrogen (secondary N) is 2. The van der Waals surface area contributed by atoms with Crippen LogP contribution in [-0.2, 0) is 6.54 Å². The molecule has 0 unspecified atom stereocenters. The number of halogens is 3. The van der Waals surface area contributed by atoms with Crippen molar-refractivity contribution in [1.29, 1.82) is 0 Å². The largest absolute Gasteiger partial charge is 0.484 e. The van der Waals surface area contributed by atoms with Crippen LogP contribution in [0.3, 0.4) is 0 Å². The lowest BCUT2D eigenvalue weighted by molar-refractivity contribution is -0.153. The molecule has 23 heavy (non-hydrogen) atoms. The van der Waals surface area contributed by atoms with Gasteiger partial charge < -0.3 is 15.4 Å². The Morgan fingerprint density at radius 1 is 1.26 bits per heavy atom. The van der Waals surface area contributed by atoms with E-state index in [4.69, 9.17) is 4.74 Å². The maximum atomic E-state index is 12.2. The smallest absolute Gasteiger partial charge is 0.422 e. The summed E-state index contributed by atoms with van der Waals surface area (Å²) in [6.45, 7) is 6.75. The first-order valence-corrected chi connectivity index (χ1v) is 7.61. The standard InChI is InChI=1S/C16H24F3N3O/c1-4-20-15(21-9-12(2)3)22-10-13-6-5-7-14(8-13)23-11-16(17,18)19/h5-8,12H,4,9-11H2,1-3H3,(H2,20,21,22). The maximum absolute atomic E-state index is 12.2. The first-order valence-electron chi connectivity index (χ1n) is 7.61. The van der Waals surface area contributed by atoms with E-state index in [0.29, 0.717) is 18.4 Å². The van der Waals surface area contributed by atoms with Crippen molar-refractivity contribution in [1.82, 2.24) is 10.6 Å². The second kappa shape index (κ2) is 9.27. The Morgan fingerprint density at radius 2 is 2.00 bits per heavy atom. The summed E-state index contributed by atoms with van der Waals surface area (Å²) in [4.78, 5) is 4.42. The van der Waals surface area contributed by atoms with Gasteiger partial charge in [0.05, 0.1) is 6.54 Å². The maximum Gasteiger partial charge on any atom is 0.422 e. The van der Waals surface area contributed by atoms with Gasteiger partial charge in [-0.25, -0.2) is 4.99 Å². The Kier molecular flexibility index (Phi) is 7.71.